The smallest absolute Gasteiger partial charge is 0.264 e. The molecule has 0 aliphatic rings. The van der Waals surface area contributed by atoms with Crippen LogP contribution in [0.1, 0.15) is 21.5 Å². The number of carbonyl (C=O) groups is 1. The van der Waals surface area contributed by atoms with Gasteiger partial charge in [-0.1, -0.05) is 30.0 Å². The lowest BCUT2D eigenvalue weighted by atomic mass is 10.2. The van der Waals surface area contributed by atoms with E-state index in [0.29, 0.717) is 10.5 Å². The van der Waals surface area contributed by atoms with Crippen LogP contribution in [0.3, 0.4) is 0 Å². The van der Waals surface area contributed by atoms with Crippen molar-refractivity contribution in [1.82, 2.24) is 14.7 Å². The molecule has 2 heterocycles. The Morgan fingerprint density at radius 1 is 0.962 bits per heavy atom. The van der Waals surface area contributed by atoms with Crippen LogP contribution in [-0.2, 0) is 9.71 Å². The van der Waals surface area contributed by atoms with Crippen molar-refractivity contribution in [2.24, 2.45) is 0 Å². The summed E-state index contributed by atoms with van der Waals surface area (Å²) in [6.07, 6.45) is 6.26. The maximum atomic E-state index is 12.7. The predicted molar refractivity (Wildman–Crippen MR) is 102 cm³/mol. The van der Waals surface area contributed by atoms with Crippen LogP contribution >= 0.6 is 0 Å². The van der Waals surface area contributed by atoms with Crippen molar-refractivity contribution in [2.45, 2.75) is 4.90 Å². The number of amides is 1. The van der Waals surface area contributed by atoms with Gasteiger partial charge >= 0.3 is 0 Å². The summed E-state index contributed by atoms with van der Waals surface area (Å²) in [6.45, 7) is 0. The molecule has 1 unspecified atom stereocenters. The van der Waals surface area contributed by atoms with E-state index in [0.717, 1.165) is 5.56 Å². The second kappa shape index (κ2) is 7.64. The number of hydrogen-bond acceptors (Lipinski definition) is 4. The molecular formula is C20H15N3O2S. The Hall–Kier alpha value is -3.43. The summed E-state index contributed by atoms with van der Waals surface area (Å²) in [7, 11) is -2.95. The van der Waals surface area contributed by atoms with E-state index in [-0.39, 0.29) is 5.56 Å². The Kier molecular flexibility index (Phi) is 5.11. The first-order valence-corrected chi connectivity index (χ1v) is 9.39. The average molecular weight is 361 g/mol. The predicted octanol–water partition coefficient (Wildman–Crippen LogP) is 2.30. The zero-order valence-corrected chi connectivity index (χ0v) is 14.6. The van der Waals surface area contributed by atoms with E-state index in [9.17, 15) is 9.00 Å². The molecule has 0 spiro atoms. The highest BCUT2D eigenvalue weighted by molar-refractivity contribution is 7.99. The van der Waals surface area contributed by atoms with Gasteiger partial charge in [0.2, 0.25) is 0 Å². The molecule has 0 fully saturated rings. The van der Waals surface area contributed by atoms with Gasteiger partial charge in [-0.15, -0.1) is 0 Å². The van der Waals surface area contributed by atoms with Crippen molar-refractivity contribution in [1.29, 1.82) is 0 Å². The molecule has 3 rings (SSSR count). The minimum Gasteiger partial charge on any atom is -0.275 e. The molecule has 1 amide bonds. The highest BCUT2D eigenvalue weighted by atomic mass is 32.2. The Morgan fingerprint density at radius 2 is 1.69 bits per heavy atom. The van der Waals surface area contributed by atoms with Gasteiger partial charge < -0.3 is 0 Å². The van der Waals surface area contributed by atoms with E-state index in [1.165, 1.54) is 6.20 Å². The molecule has 2 aromatic heterocycles. The molecule has 26 heavy (non-hydrogen) atoms. The first-order valence-electron chi connectivity index (χ1n) is 7.66. The Labute approximate surface area is 152 Å². The van der Waals surface area contributed by atoms with Crippen LogP contribution < -0.4 is 4.72 Å². The molecule has 1 atom stereocenters. The van der Waals surface area contributed by atoms with Crippen LogP contribution in [0.5, 0.6) is 0 Å². The molecule has 1 aromatic carbocycles. The summed E-state index contributed by atoms with van der Waals surface area (Å²) in [6, 6.07) is 13.8. The quantitative estimate of drug-likeness (QED) is 0.574. The Balaban J connectivity index is 1.80. The Morgan fingerprint density at radius 3 is 2.42 bits per heavy atom. The molecule has 0 radical (unpaired) electrons. The number of aromatic nitrogens is 2. The van der Waals surface area contributed by atoms with E-state index < -0.39 is 15.6 Å². The lowest BCUT2D eigenvalue weighted by molar-refractivity contribution is 0.0982. The van der Waals surface area contributed by atoms with E-state index in [4.69, 9.17) is 0 Å². The van der Waals surface area contributed by atoms with Gasteiger partial charge in [-0.25, -0.2) is 4.21 Å². The van der Waals surface area contributed by atoms with Gasteiger partial charge in [-0.05, 0) is 36.2 Å². The molecule has 0 aliphatic carbocycles. The fraction of sp³-hybridized carbons (Fsp3) is 0. The number of rotatable bonds is 3. The van der Waals surface area contributed by atoms with Gasteiger partial charge in [0.05, 0.1) is 15.3 Å². The van der Waals surface area contributed by atoms with Crippen LogP contribution in [0.2, 0.25) is 0 Å². The third kappa shape index (κ3) is 4.35. The topological polar surface area (TPSA) is 72.0 Å². The van der Waals surface area contributed by atoms with Gasteiger partial charge in [0.15, 0.2) is 0 Å². The maximum absolute atomic E-state index is 12.7. The summed E-state index contributed by atoms with van der Waals surface area (Å²) in [5.41, 5.74) is 1.58. The molecule has 0 aliphatic heterocycles. The summed E-state index contributed by atoms with van der Waals surface area (Å²) >= 11 is 0. The Bertz CT molecular complexity index is 1080. The molecule has 5 nitrogen and oxygen atoms in total. The summed E-state index contributed by atoms with van der Waals surface area (Å²) in [5.74, 6) is 9.00. The van der Waals surface area contributed by atoms with E-state index >= 15 is 0 Å². The number of nitrogens with one attached hydrogen (secondary N) is 1. The third-order valence-electron chi connectivity index (χ3n) is 3.39. The second-order valence-electron chi connectivity index (χ2n) is 5.37. The van der Waals surface area contributed by atoms with E-state index in [2.05, 4.69) is 32.4 Å². The van der Waals surface area contributed by atoms with Crippen molar-refractivity contribution in [2.75, 3.05) is 0 Å². The fourth-order valence-corrected chi connectivity index (χ4v) is 3.25. The van der Waals surface area contributed by atoms with Crippen LogP contribution in [0.25, 0.3) is 0 Å². The molecular weight excluding hydrogens is 346 g/mol. The van der Waals surface area contributed by atoms with Crippen LogP contribution in [-0.4, -0.2) is 26.0 Å². The summed E-state index contributed by atoms with van der Waals surface area (Å²) < 4.78 is 15.1. The number of carbonyl (C=O) groups excluding carboxylic acids is 1. The van der Waals surface area contributed by atoms with Gasteiger partial charge in [0, 0.05) is 40.8 Å². The van der Waals surface area contributed by atoms with Crippen LogP contribution in [0, 0.1) is 11.8 Å². The van der Waals surface area contributed by atoms with Crippen molar-refractivity contribution in [3.8, 4) is 11.8 Å². The largest absolute Gasteiger partial charge is 0.275 e. The second-order valence-corrected chi connectivity index (χ2v) is 7.40. The van der Waals surface area contributed by atoms with Gasteiger partial charge in [0.1, 0.15) is 0 Å². The van der Waals surface area contributed by atoms with Crippen molar-refractivity contribution >= 4 is 21.5 Å². The number of pyridine rings is 2. The molecule has 0 saturated heterocycles. The summed E-state index contributed by atoms with van der Waals surface area (Å²) in [4.78, 5) is 20.9. The van der Waals surface area contributed by atoms with Crippen molar-refractivity contribution in [3.05, 3.63) is 90.0 Å². The zero-order valence-electron chi connectivity index (χ0n) is 13.8. The number of benzene rings is 1. The fourth-order valence-electron chi connectivity index (χ4n) is 2.12. The first kappa shape index (κ1) is 17.4. The number of hydrogen-bond donors (Lipinski definition) is 1. The van der Waals surface area contributed by atoms with Crippen molar-refractivity contribution in [3.63, 3.8) is 0 Å². The highest BCUT2D eigenvalue weighted by Gasteiger charge is 2.13. The minimum atomic E-state index is -2.95. The monoisotopic (exact) mass is 361 g/mol. The molecule has 6 heteroatoms. The van der Waals surface area contributed by atoms with Crippen LogP contribution in [0.15, 0.2) is 78.2 Å². The molecule has 0 saturated carbocycles. The highest BCUT2D eigenvalue weighted by Crippen LogP contribution is 2.09. The standard InChI is InChI=1S/C20H15N3O2S/c1-26(25,19-7-3-2-4-8-19)23-20(24)18-12-17(14-22-15-18)10-9-16-6-5-11-21-13-16/h2-8,11-15H,1H2,(H,23,24,25). The van der Waals surface area contributed by atoms with Gasteiger partial charge in [0.25, 0.3) is 5.91 Å². The zero-order chi connectivity index (χ0) is 18.4. The summed E-state index contributed by atoms with van der Waals surface area (Å²) in [5, 5.41) is 0. The molecule has 128 valence electrons. The van der Waals surface area contributed by atoms with E-state index in [1.54, 1.807) is 61.1 Å². The molecule has 3 aromatic rings. The SMILES string of the molecule is C=S(=O)(NC(=O)c1cncc(C#Cc2cccnc2)c1)c1ccccc1. The maximum Gasteiger partial charge on any atom is 0.264 e. The first-order chi connectivity index (χ1) is 12.5. The number of nitrogens with zero attached hydrogens (tertiary/aromatic N) is 2. The average Bonchev–Trinajstić information content (AvgIpc) is 2.68. The normalized spacial score (nSPS) is 12.3. The van der Waals surface area contributed by atoms with Crippen LogP contribution in [0.4, 0.5) is 0 Å². The molecule has 0 bridgehead atoms. The van der Waals surface area contributed by atoms with E-state index in [1.807, 2.05) is 6.07 Å². The van der Waals surface area contributed by atoms with Crippen molar-refractivity contribution < 1.29 is 9.00 Å². The minimum absolute atomic E-state index is 0.260. The molecule has 1 N–H and O–H groups in total. The van der Waals surface area contributed by atoms with Gasteiger partial charge in [-0.2, -0.15) is 0 Å². The third-order valence-corrected chi connectivity index (χ3v) is 4.94. The lowest BCUT2D eigenvalue weighted by Crippen LogP contribution is -2.30. The van der Waals surface area contributed by atoms with Gasteiger partial charge in [-0.3, -0.25) is 19.5 Å². The lowest BCUT2D eigenvalue weighted by Gasteiger charge is -2.11.